The third-order valence-electron chi connectivity index (χ3n) is 3.75. The van der Waals surface area contributed by atoms with E-state index in [1.54, 1.807) is 13.0 Å². The summed E-state index contributed by atoms with van der Waals surface area (Å²) in [4.78, 5) is 0. The Morgan fingerprint density at radius 1 is 1.30 bits per heavy atom. The Hall–Kier alpha value is -1.27. The first-order valence-corrected chi connectivity index (χ1v) is 6.59. The minimum absolute atomic E-state index is 0.144. The largest absolute Gasteiger partial charge is 0.573 e. The highest BCUT2D eigenvalue weighted by molar-refractivity contribution is 5.38. The zero-order valence-electron chi connectivity index (χ0n) is 11.2. The fourth-order valence-electron chi connectivity index (χ4n) is 2.65. The maximum absolute atomic E-state index is 12.4. The molecule has 1 aromatic rings. The molecule has 0 amide bonds. The topological polar surface area (TPSA) is 41.5 Å². The van der Waals surface area contributed by atoms with Crippen molar-refractivity contribution in [2.75, 3.05) is 13.1 Å². The van der Waals surface area contributed by atoms with Gasteiger partial charge in [0, 0.05) is 18.0 Å². The molecule has 112 valence electrons. The van der Waals surface area contributed by atoms with Crippen LogP contribution in [0.2, 0.25) is 0 Å². The van der Waals surface area contributed by atoms with Crippen molar-refractivity contribution in [1.82, 2.24) is 5.32 Å². The molecule has 1 aromatic carbocycles. The van der Waals surface area contributed by atoms with Gasteiger partial charge >= 0.3 is 6.36 Å². The van der Waals surface area contributed by atoms with Crippen LogP contribution in [0.25, 0.3) is 0 Å². The Balaban J connectivity index is 2.30. The summed E-state index contributed by atoms with van der Waals surface area (Å²) in [5, 5.41) is 13.9. The standard InChI is InChI=1S/C14H18F3NO2/c1-13(19,10-5-4-8-18-9-10)11-6-2-3-7-12(11)20-14(15,16)17/h2-3,6-7,10,18-19H,4-5,8-9H2,1H3. The number of benzene rings is 1. The maximum atomic E-state index is 12.4. The van der Waals surface area contributed by atoms with Crippen molar-refractivity contribution in [2.24, 2.45) is 5.92 Å². The number of rotatable bonds is 3. The van der Waals surface area contributed by atoms with Crippen LogP contribution >= 0.6 is 0 Å². The maximum Gasteiger partial charge on any atom is 0.573 e. The molecule has 2 atom stereocenters. The Kier molecular flexibility index (Phi) is 4.25. The Morgan fingerprint density at radius 3 is 2.60 bits per heavy atom. The highest BCUT2D eigenvalue weighted by Gasteiger charge is 2.39. The van der Waals surface area contributed by atoms with E-state index >= 15 is 0 Å². The van der Waals surface area contributed by atoms with Gasteiger partial charge in [-0.2, -0.15) is 0 Å². The molecule has 1 aliphatic rings. The van der Waals surface area contributed by atoms with Crippen LogP contribution < -0.4 is 10.1 Å². The van der Waals surface area contributed by atoms with Crippen LogP contribution in [0.1, 0.15) is 25.3 Å². The van der Waals surface area contributed by atoms with Crippen LogP contribution in [0.4, 0.5) is 13.2 Å². The third-order valence-corrected chi connectivity index (χ3v) is 3.75. The molecule has 1 saturated heterocycles. The lowest BCUT2D eigenvalue weighted by molar-refractivity contribution is -0.275. The quantitative estimate of drug-likeness (QED) is 0.899. The predicted octanol–water partition coefficient (Wildman–Crippen LogP) is 2.79. The van der Waals surface area contributed by atoms with Gasteiger partial charge in [-0.3, -0.25) is 0 Å². The number of alkyl halides is 3. The van der Waals surface area contributed by atoms with Crippen molar-refractivity contribution in [1.29, 1.82) is 0 Å². The van der Waals surface area contributed by atoms with Crippen LogP contribution in [-0.2, 0) is 5.60 Å². The average molecular weight is 289 g/mol. The fourth-order valence-corrected chi connectivity index (χ4v) is 2.65. The smallest absolute Gasteiger partial charge is 0.405 e. The van der Waals surface area contributed by atoms with Gasteiger partial charge in [0.1, 0.15) is 5.75 Å². The molecule has 2 N–H and O–H groups in total. The van der Waals surface area contributed by atoms with Gasteiger partial charge in [0.05, 0.1) is 5.60 Å². The first kappa shape index (κ1) is 15.1. The number of hydrogen-bond donors (Lipinski definition) is 2. The summed E-state index contributed by atoms with van der Waals surface area (Å²) < 4.78 is 41.3. The van der Waals surface area contributed by atoms with E-state index in [0.717, 1.165) is 19.4 Å². The van der Waals surface area contributed by atoms with E-state index in [2.05, 4.69) is 10.1 Å². The molecule has 1 heterocycles. The molecule has 6 heteroatoms. The fraction of sp³-hybridized carbons (Fsp3) is 0.571. The summed E-state index contributed by atoms with van der Waals surface area (Å²) in [5.41, 5.74) is -1.19. The molecule has 2 unspecified atom stereocenters. The van der Waals surface area contributed by atoms with Gasteiger partial charge in [-0.25, -0.2) is 0 Å². The average Bonchev–Trinajstić information content (AvgIpc) is 2.38. The Labute approximate surface area is 115 Å². The minimum Gasteiger partial charge on any atom is -0.405 e. The van der Waals surface area contributed by atoms with Gasteiger partial charge in [0.2, 0.25) is 0 Å². The molecule has 0 spiro atoms. The second-order valence-corrected chi connectivity index (χ2v) is 5.23. The SMILES string of the molecule is CC(O)(c1ccccc1OC(F)(F)F)C1CCCNC1. The molecule has 3 nitrogen and oxygen atoms in total. The zero-order valence-corrected chi connectivity index (χ0v) is 11.2. The van der Waals surface area contributed by atoms with E-state index < -0.39 is 12.0 Å². The van der Waals surface area contributed by atoms with E-state index in [-0.39, 0.29) is 17.2 Å². The van der Waals surface area contributed by atoms with E-state index in [1.165, 1.54) is 18.2 Å². The summed E-state index contributed by atoms with van der Waals surface area (Å²) in [7, 11) is 0. The van der Waals surface area contributed by atoms with Crippen molar-refractivity contribution in [3.05, 3.63) is 29.8 Å². The molecule has 2 rings (SSSR count). The van der Waals surface area contributed by atoms with E-state index in [1.807, 2.05) is 0 Å². The summed E-state index contributed by atoms with van der Waals surface area (Å²) in [6, 6.07) is 5.77. The molecule has 0 radical (unpaired) electrons. The minimum atomic E-state index is -4.77. The second kappa shape index (κ2) is 5.61. The predicted molar refractivity (Wildman–Crippen MR) is 68.3 cm³/mol. The lowest BCUT2D eigenvalue weighted by Crippen LogP contribution is -2.42. The van der Waals surface area contributed by atoms with Gasteiger partial charge in [0.25, 0.3) is 0 Å². The van der Waals surface area contributed by atoms with Gasteiger partial charge in [0.15, 0.2) is 0 Å². The lowest BCUT2D eigenvalue weighted by Gasteiger charge is -2.37. The van der Waals surface area contributed by atoms with Crippen molar-refractivity contribution in [3.8, 4) is 5.75 Å². The highest BCUT2D eigenvalue weighted by Crippen LogP contribution is 2.39. The Bertz CT molecular complexity index is 454. The summed E-state index contributed by atoms with van der Waals surface area (Å²) in [6.07, 6.45) is -3.11. The normalized spacial score (nSPS) is 23.1. The molecule has 0 saturated carbocycles. The number of para-hydroxylation sites is 1. The molecule has 1 fully saturated rings. The van der Waals surface area contributed by atoms with Gasteiger partial charge in [-0.1, -0.05) is 18.2 Å². The zero-order chi connectivity index (χ0) is 14.8. The summed E-state index contributed by atoms with van der Waals surface area (Å²) in [6.45, 7) is 2.99. The first-order valence-electron chi connectivity index (χ1n) is 6.59. The number of nitrogens with one attached hydrogen (secondary N) is 1. The molecular formula is C14H18F3NO2. The van der Waals surface area contributed by atoms with E-state index in [9.17, 15) is 18.3 Å². The van der Waals surface area contributed by atoms with Gasteiger partial charge in [-0.15, -0.1) is 13.2 Å². The highest BCUT2D eigenvalue weighted by atomic mass is 19.4. The molecule has 0 aliphatic carbocycles. The van der Waals surface area contributed by atoms with Gasteiger partial charge in [-0.05, 0) is 32.4 Å². The van der Waals surface area contributed by atoms with Crippen LogP contribution in [0.3, 0.4) is 0 Å². The third kappa shape index (κ3) is 3.43. The van der Waals surface area contributed by atoms with Crippen molar-refractivity contribution >= 4 is 0 Å². The van der Waals surface area contributed by atoms with Crippen LogP contribution in [0.15, 0.2) is 24.3 Å². The first-order chi connectivity index (χ1) is 9.31. The van der Waals surface area contributed by atoms with Crippen LogP contribution in [-0.4, -0.2) is 24.6 Å². The molecule has 20 heavy (non-hydrogen) atoms. The van der Waals surface area contributed by atoms with Crippen molar-refractivity contribution in [3.63, 3.8) is 0 Å². The number of aliphatic hydroxyl groups is 1. The van der Waals surface area contributed by atoms with Crippen LogP contribution in [0.5, 0.6) is 5.75 Å². The Morgan fingerprint density at radius 2 is 2.00 bits per heavy atom. The van der Waals surface area contributed by atoms with E-state index in [0.29, 0.717) is 6.54 Å². The van der Waals surface area contributed by atoms with Crippen molar-refractivity contribution < 1.29 is 23.0 Å². The second-order valence-electron chi connectivity index (χ2n) is 5.23. The van der Waals surface area contributed by atoms with E-state index in [4.69, 9.17) is 0 Å². The molecule has 0 aromatic heterocycles. The number of piperidine rings is 1. The summed E-state index contributed by atoms with van der Waals surface area (Å²) >= 11 is 0. The number of halogens is 3. The monoisotopic (exact) mass is 289 g/mol. The molecular weight excluding hydrogens is 271 g/mol. The van der Waals surface area contributed by atoms with Crippen molar-refractivity contribution in [2.45, 2.75) is 31.7 Å². The number of hydrogen-bond acceptors (Lipinski definition) is 3. The molecule has 0 bridgehead atoms. The van der Waals surface area contributed by atoms with Crippen LogP contribution in [0, 0.1) is 5.92 Å². The lowest BCUT2D eigenvalue weighted by atomic mass is 9.78. The summed E-state index contributed by atoms with van der Waals surface area (Å²) in [5.74, 6) is -0.482. The van der Waals surface area contributed by atoms with Gasteiger partial charge < -0.3 is 15.2 Å². The molecule has 1 aliphatic heterocycles. The number of ether oxygens (including phenoxy) is 1.